The van der Waals surface area contributed by atoms with E-state index in [4.69, 9.17) is 10.2 Å². The van der Waals surface area contributed by atoms with Crippen LogP contribution in [0.4, 0.5) is 11.6 Å². The maximum absolute atomic E-state index is 5.58. The number of nitrogens with one attached hydrogen (secondary N) is 1. The Morgan fingerprint density at radius 3 is 2.87 bits per heavy atom. The third-order valence-electron chi connectivity index (χ3n) is 2.10. The normalized spacial score (nSPS) is 12.3. The summed E-state index contributed by atoms with van der Waals surface area (Å²) in [5, 5.41) is 3.20. The van der Waals surface area contributed by atoms with E-state index in [0.29, 0.717) is 5.82 Å². The van der Waals surface area contributed by atoms with Crippen LogP contribution in [0.3, 0.4) is 0 Å². The molecule has 1 atom stereocenters. The molecule has 2 aromatic rings. The molecule has 0 aromatic carbocycles. The Morgan fingerprint density at radius 1 is 1.33 bits per heavy atom. The summed E-state index contributed by atoms with van der Waals surface area (Å²) < 4.78 is 5.28. The molecule has 0 aliphatic heterocycles. The lowest BCUT2D eigenvalue weighted by molar-refractivity contribution is 0.490. The van der Waals surface area contributed by atoms with Gasteiger partial charge >= 0.3 is 0 Å². The minimum absolute atomic E-state index is 0.0781. The molecule has 0 bridgehead atoms. The van der Waals surface area contributed by atoms with E-state index in [-0.39, 0.29) is 6.04 Å². The predicted octanol–water partition coefficient (Wildman–Crippen LogP) is 2.43. The number of rotatable bonds is 3. The lowest BCUT2D eigenvalue weighted by Gasteiger charge is -2.11. The van der Waals surface area contributed by atoms with Crippen molar-refractivity contribution in [1.82, 2.24) is 4.98 Å². The summed E-state index contributed by atoms with van der Waals surface area (Å²) in [7, 11) is 0. The van der Waals surface area contributed by atoms with E-state index in [1.54, 1.807) is 12.3 Å². The highest BCUT2D eigenvalue weighted by atomic mass is 16.3. The topological polar surface area (TPSA) is 64.1 Å². The van der Waals surface area contributed by atoms with Crippen molar-refractivity contribution in [2.24, 2.45) is 0 Å². The van der Waals surface area contributed by atoms with Gasteiger partial charge in [-0.2, -0.15) is 0 Å². The van der Waals surface area contributed by atoms with Gasteiger partial charge in [0.25, 0.3) is 0 Å². The van der Waals surface area contributed by atoms with Gasteiger partial charge in [-0.15, -0.1) is 0 Å². The number of nitrogens with zero attached hydrogens (tertiary/aromatic N) is 1. The summed E-state index contributed by atoms with van der Waals surface area (Å²) in [4.78, 5) is 4.15. The zero-order valence-corrected chi connectivity index (χ0v) is 8.47. The maximum atomic E-state index is 5.58. The van der Waals surface area contributed by atoms with Crippen LogP contribution < -0.4 is 11.1 Å². The van der Waals surface area contributed by atoms with E-state index in [1.807, 2.05) is 31.2 Å². The first-order chi connectivity index (χ1) is 7.25. The second kappa shape index (κ2) is 4.04. The van der Waals surface area contributed by atoms with Crippen LogP contribution >= 0.6 is 0 Å². The highest BCUT2D eigenvalue weighted by Crippen LogP contribution is 2.18. The predicted molar refractivity (Wildman–Crippen MR) is 59.4 cm³/mol. The van der Waals surface area contributed by atoms with E-state index in [2.05, 4.69) is 10.3 Å². The molecule has 0 spiro atoms. The Labute approximate surface area is 88.1 Å². The van der Waals surface area contributed by atoms with Crippen molar-refractivity contribution in [3.05, 3.63) is 42.4 Å². The fourth-order valence-electron chi connectivity index (χ4n) is 1.36. The van der Waals surface area contributed by atoms with E-state index in [0.717, 1.165) is 11.6 Å². The molecule has 0 aliphatic rings. The molecule has 78 valence electrons. The minimum atomic E-state index is 0.0781. The standard InChI is InChI=1S/C11H13N3O/c1-8(9-4-3-7-15-9)13-11-6-2-5-10(12)14-11/h2-8H,1H3,(H3,12,13,14). The molecule has 4 heteroatoms. The van der Waals surface area contributed by atoms with Crippen molar-refractivity contribution in [3.8, 4) is 0 Å². The molecule has 0 amide bonds. The lowest BCUT2D eigenvalue weighted by atomic mass is 10.2. The van der Waals surface area contributed by atoms with Crippen LogP contribution in [0.1, 0.15) is 18.7 Å². The fraction of sp³-hybridized carbons (Fsp3) is 0.182. The van der Waals surface area contributed by atoms with Gasteiger partial charge in [0.05, 0.1) is 12.3 Å². The average molecular weight is 203 g/mol. The van der Waals surface area contributed by atoms with Crippen LogP contribution in [0.15, 0.2) is 41.0 Å². The van der Waals surface area contributed by atoms with Crippen LogP contribution in [-0.2, 0) is 0 Å². The van der Waals surface area contributed by atoms with Crippen molar-refractivity contribution >= 4 is 11.6 Å². The van der Waals surface area contributed by atoms with E-state index in [1.165, 1.54) is 0 Å². The number of pyridine rings is 1. The third kappa shape index (κ3) is 2.28. The zero-order chi connectivity index (χ0) is 10.7. The second-order valence-corrected chi connectivity index (χ2v) is 3.33. The van der Waals surface area contributed by atoms with Crippen molar-refractivity contribution < 1.29 is 4.42 Å². The highest BCUT2D eigenvalue weighted by Gasteiger charge is 2.07. The first kappa shape index (κ1) is 9.58. The summed E-state index contributed by atoms with van der Waals surface area (Å²) in [6, 6.07) is 9.34. The second-order valence-electron chi connectivity index (χ2n) is 3.33. The lowest BCUT2D eigenvalue weighted by Crippen LogP contribution is -2.07. The molecule has 3 N–H and O–H groups in total. The van der Waals surface area contributed by atoms with Crippen LogP contribution in [0.5, 0.6) is 0 Å². The van der Waals surface area contributed by atoms with E-state index < -0.39 is 0 Å². The first-order valence-corrected chi connectivity index (χ1v) is 4.78. The number of nitrogens with two attached hydrogens (primary N) is 1. The summed E-state index contributed by atoms with van der Waals surface area (Å²) in [5.41, 5.74) is 5.58. The molecule has 2 heterocycles. The Hall–Kier alpha value is -1.97. The molecule has 15 heavy (non-hydrogen) atoms. The number of aromatic nitrogens is 1. The summed E-state index contributed by atoms with van der Waals surface area (Å²) in [6.45, 7) is 2.00. The molecule has 0 fully saturated rings. The molecular weight excluding hydrogens is 190 g/mol. The Morgan fingerprint density at radius 2 is 2.20 bits per heavy atom. The fourth-order valence-corrected chi connectivity index (χ4v) is 1.36. The largest absolute Gasteiger partial charge is 0.467 e. The number of hydrogen-bond donors (Lipinski definition) is 2. The molecule has 0 saturated heterocycles. The van der Waals surface area contributed by atoms with Gasteiger partial charge in [-0.3, -0.25) is 0 Å². The summed E-state index contributed by atoms with van der Waals surface area (Å²) in [5.74, 6) is 2.13. The molecule has 2 rings (SSSR count). The van der Waals surface area contributed by atoms with Gasteiger partial charge in [-0.1, -0.05) is 6.07 Å². The molecular formula is C11H13N3O. The Kier molecular flexibility index (Phi) is 2.58. The third-order valence-corrected chi connectivity index (χ3v) is 2.10. The number of anilines is 2. The van der Waals surface area contributed by atoms with Gasteiger partial charge in [0, 0.05) is 0 Å². The first-order valence-electron chi connectivity index (χ1n) is 4.78. The Balaban J connectivity index is 2.09. The summed E-state index contributed by atoms with van der Waals surface area (Å²) in [6.07, 6.45) is 1.65. The maximum Gasteiger partial charge on any atom is 0.128 e. The smallest absolute Gasteiger partial charge is 0.128 e. The molecule has 2 aromatic heterocycles. The van der Waals surface area contributed by atoms with Crippen LogP contribution in [0.2, 0.25) is 0 Å². The van der Waals surface area contributed by atoms with E-state index >= 15 is 0 Å². The summed E-state index contributed by atoms with van der Waals surface area (Å²) >= 11 is 0. The number of hydrogen-bond acceptors (Lipinski definition) is 4. The molecule has 0 saturated carbocycles. The van der Waals surface area contributed by atoms with Crippen molar-refractivity contribution in [2.45, 2.75) is 13.0 Å². The monoisotopic (exact) mass is 203 g/mol. The SMILES string of the molecule is CC(Nc1cccc(N)n1)c1ccco1. The van der Waals surface area contributed by atoms with Crippen LogP contribution in [0, 0.1) is 0 Å². The van der Waals surface area contributed by atoms with Gasteiger partial charge in [0.15, 0.2) is 0 Å². The van der Waals surface area contributed by atoms with Crippen molar-refractivity contribution in [1.29, 1.82) is 0 Å². The van der Waals surface area contributed by atoms with E-state index in [9.17, 15) is 0 Å². The number of nitrogen functional groups attached to an aromatic ring is 1. The average Bonchev–Trinajstić information content (AvgIpc) is 2.70. The molecule has 0 radical (unpaired) electrons. The highest BCUT2D eigenvalue weighted by molar-refractivity contribution is 5.43. The van der Waals surface area contributed by atoms with Crippen molar-refractivity contribution in [3.63, 3.8) is 0 Å². The Bertz CT molecular complexity index is 425. The zero-order valence-electron chi connectivity index (χ0n) is 8.47. The van der Waals surface area contributed by atoms with Gasteiger partial charge < -0.3 is 15.5 Å². The van der Waals surface area contributed by atoms with Crippen LogP contribution in [0.25, 0.3) is 0 Å². The molecule has 1 unspecified atom stereocenters. The van der Waals surface area contributed by atoms with Crippen LogP contribution in [-0.4, -0.2) is 4.98 Å². The van der Waals surface area contributed by atoms with Gasteiger partial charge in [0.2, 0.25) is 0 Å². The quantitative estimate of drug-likeness (QED) is 0.804. The van der Waals surface area contributed by atoms with Crippen molar-refractivity contribution in [2.75, 3.05) is 11.1 Å². The molecule has 0 aliphatic carbocycles. The van der Waals surface area contributed by atoms with Gasteiger partial charge in [0.1, 0.15) is 17.4 Å². The van der Waals surface area contributed by atoms with Gasteiger partial charge in [-0.05, 0) is 31.2 Å². The molecule has 4 nitrogen and oxygen atoms in total. The number of furan rings is 1. The minimum Gasteiger partial charge on any atom is -0.467 e. The van der Waals surface area contributed by atoms with Gasteiger partial charge in [-0.25, -0.2) is 4.98 Å².